The van der Waals surface area contributed by atoms with Crippen LogP contribution >= 0.6 is 15.9 Å². The van der Waals surface area contributed by atoms with Crippen molar-refractivity contribution in [3.05, 3.63) is 58.2 Å². The molecular weight excluding hydrogens is 392 g/mol. The van der Waals surface area contributed by atoms with Crippen LogP contribution in [0.4, 0.5) is 5.82 Å². The number of hydrogen-bond donors (Lipinski definition) is 0. The van der Waals surface area contributed by atoms with Gasteiger partial charge in [-0.25, -0.2) is 4.98 Å². The number of piperazine rings is 1. The molecule has 6 heteroatoms. The lowest BCUT2D eigenvalue weighted by atomic mass is 9.94. The molecular formula is C20H19BrN4O. The molecule has 0 bridgehead atoms. The van der Waals surface area contributed by atoms with Crippen molar-refractivity contribution in [1.82, 2.24) is 9.88 Å². The zero-order valence-corrected chi connectivity index (χ0v) is 15.9. The molecule has 1 aliphatic carbocycles. The van der Waals surface area contributed by atoms with E-state index in [1.54, 1.807) is 18.3 Å². The summed E-state index contributed by atoms with van der Waals surface area (Å²) in [4.78, 5) is 21.6. The fourth-order valence-corrected chi connectivity index (χ4v) is 3.94. The van der Waals surface area contributed by atoms with Crippen molar-refractivity contribution in [2.24, 2.45) is 0 Å². The lowest BCUT2D eigenvalue weighted by molar-refractivity contribution is -0.134. The van der Waals surface area contributed by atoms with Gasteiger partial charge in [0.25, 0.3) is 0 Å². The summed E-state index contributed by atoms with van der Waals surface area (Å²) in [5.74, 6) is 0.956. The maximum atomic E-state index is 13.2. The van der Waals surface area contributed by atoms with Crippen molar-refractivity contribution >= 4 is 27.7 Å². The van der Waals surface area contributed by atoms with Crippen molar-refractivity contribution in [2.45, 2.75) is 18.3 Å². The molecule has 1 saturated carbocycles. The molecule has 26 heavy (non-hydrogen) atoms. The predicted molar refractivity (Wildman–Crippen MR) is 103 cm³/mol. The standard InChI is InChI=1S/C20H19BrN4O/c21-17-5-3-16(4-6-17)20(7-8-20)19(26)25-12-10-24(11-13-25)18-15(14-22)2-1-9-23-18/h1-6,9H,7-8,10-13H2. The van der Waals surface area contributed by atoms with Crippen LogP contribution in [-0.2, 0) is 10.2 Å². The quantitative estimate of drug-likeness (QED) is 0.779. The second kappa shape index (κ2) is 6.73. The normalized spacial score (nSPS) is 18.3. The van der Waals surface area contributed by atoms with E-state index in [2.05, 4.69) is 44.0 Å². The lowest BCUT2D eigenvalue weighted by Crippen LogP contribution is -2.52. The number of carbonyl (C=O) groups excluding carboxylic acids is 1. The average molecular weight is 411 g/mol. The Kier molecular flexibility index (Phi) is 4.41. The number of rotatable bonds is 3. The van der Waals surface area contributed by atoms with Crippen molar-refractivity contribution in [1.29, 1.82) is 5.26 Å². The van der Waals surface area contributed by atoms with Crippen molar-refractivity contribution in [3.63, 3.8) is 0 Å². The minimum absolute atomic E-state index is 0.237. The topological polar surface area (TPSA) is 60.2 Å². The molecule has 132 valence electrons. The second-order valence-electron chi connectivity index (χ2n) is 6.85. The van der Waals surface area contributed by atoms with E-state index in [4.69, 9.17) is 0 Å². The molecule has 1 aromatic carbocycles. The fraction of sp³-hybridized carbons (Fsp3) is 0.350. The highest BCUT2D eigenvalue weighted by atomic mass is 79.9. The van der Waals surface area contributed by atoms with Crippen LogP contribution in [0, 0.1) is 11.3 Å². The Hall–Kier alpha value is -2.39. The zero-order chi connectivity index (χ0) is 18.1. The number of halogens is 1. The second-order valence-corrected chi connectivity index (χ2v) is 7.77. The van der Waals surface area contributed by atoms with Crippen LogP contribution in [-0.4, -0.2) is 42.0 Å². The van der Waals surface area contributed by atoms with E-state index < -0.39 is 0 Å². The molecule has 0 radical (unpaired) electrons. The highest BCUT2D eigenvalue weighted by Crippen LogP contribution is 2.49. The molecule has 0 atom stereocenters. The van der Waals surface area contributed by atoms with Crippen molar-refractivity contribution in [2.75, 3.05) is 31.1 Å². The number of aromatic nitrogens is 1. The van der Waals surface area contributed by atoms with Gasteiger partial charge in [-0.3, -0.25) is 4.79 Å². The third kappa shape index (κ3) is 2.97. The number of pyridine rings is 1. The Morgan fingerprint density at radius 3 is 2.42 bits per heavy atom. The largest absolute Gasteiger partial charge is 0.352 e. The first-order valence-electron chi connectivity index (χ1n) is 8.79. The first-order valence-corrected chi connectivity index (χ1v) is 9.59. The third-order valence-corrected chi connectivity index (χ3v) is 5.86. The highest BCUT2D eigenvalue weighted by molar-refractivity contribution is 9.10. The molecule has 0 N–H and O–H groups in total. The van der Waals surface area contributed by atoms with Gasteiger partial charge < -0.3 is 9.80 Å². The molecule has 1 aliphatic heterocycles. The average Bonchev–Trinajstić information content (AvgIpc) is 3.50. The fourth-order valence-electron chi connectivity index (χ4n) is 3.68. The van der Waals surface area contributed by atoms with E-state index in [0.29, 0.717) is 31.7 Å². The van der Waals surface area contributed by atoms with E-state index in [1.165, 1.54) is 0 Å². The smallest absolute Gasteiger partial charge is 0.233 e. The van der Waals surface area contributed by atoms with Crippen LogP contribution in [0.25, 0.3) is 0 Å². The van der Waals surface area contributed by atoms with Crippen LogP contribution in [0.5, 0.6) is 0 Å². The molecule has 2 heterocycles. The van der Waals surface area contributed by atoms with Crippen LogP contribution < -0.4 is 4.90 Å². The maximum Gasteiger partial charge on any atom is 0.233 e. The van der Waals surface area contributed by atoms with Gasteiger partial charge in [-0.2, -0.15) is 5.26 Å². The van der Waals surface area contributed by atoms with Gasteiger partial charge in [0.15, 0.2) is 0 Å². The summed E-state index contributed by atoms with van der Waals surface area (Å²) in [6, 6.07) is 13.9. The summed E-state index contributed by atoms with van der Waals surface area (Å²) in [7, 11) is 0. The number of nitriles is 1. The Labute approximate surface area is 161 Å². The van der Waals surface area contributed by atoms with E-state index in [0.717, 1.165) is 28.7 Å². The Balaban J connectivity index is 1.46. The molecule has 1 aromatic heterocycles. The highest BCUT2D eigenvalue weighted by Gasteiger charge is 2.53. The van der Waals surface area contributed by atoms with Gasteiger partial charge in [0.2, 0.25) is 5.91 Å². The van der Waals surface area contributed by atoms with Gasteiger partial charge in [-0.05, 0) is 42.7 Å². The first-order chi connectivity index (χ1) is 12.6. The number of benzene rings is 1. The van der Waals surface area contributed by atoms with E-state index >= 15 is 0 Å². The summed E-state index contributed by atoms with van der Waals surface area (Å²) >= 11 is 3.46. The third-order valence-electron chi connectivity index (χ3n) is 5.33. The van der Waals surface area contributed by atoms with E-state index in [1.807, 2.05) is 17.0 Å². The van der Waals surface area contributed by atoms with Gasteiger partial charge in [0, 0.05) is 36.8 Å². The summed E-state index contributed by atoms with van der Waals surface area (Å²) in [6.07, 6.45) is 3.55. The number of amides is 1. The molecule has 2 fully saturated rings. The number of hydrogen-bond acceptors (Lipinski definition) is 4. The molecule has 1 amide bonds. The lowest BCUT2D eigenvalue weighted by Gasteiger charge is -2.37. The van der Waals surface area contributed by atoms with Crippen LogP contribution in [0.15, 0.2) is 47.1 Å². The number of carbonyl (C=O) groups is 1. The minimum atomic E-state index is -0.328. The van der Waals surface area contributed by atoms with Gasteiger partial charge in [-0.1, -0.05) is 28.1 Å². The molecule has 0 unspecified atom stereocenters. The first kappa shape index (κ1) is 17.0. The predicted octanol–water partition coefficient (Wildman–Crippen LogP) is 3.10. The Bertz CT molecular complexity index is 862. The van der Waals surface area contributed by atoms with E-state index in [9.17, 15) is 10.1 Å². The monoisotopic (exact) mass is 410 g/mol. The summed E-state index contributed by atoms with van der Waals surface area (Å²) < 4.78 is 1.03. The van der Waals surface area contributed by atoms with Gasteiger partial charge in [-0.15, -0.1) is 0 Å². The van der Waals surface area contributed by atoms with Crippen LogP contribution in [0.3, 0.4) is 0 Å². The van der Waals surface area contributed by atoms with Crippen LogP contribution in [0.2, 0.25) is 0 Å². The molecule has 1 saturated heterocycles. The van der Waals surface area contributed by atoms with Gasteiger partial charge in [0.05, 0.1) is 11.0 Å². The number of anilines is 1. The maximum absolute atomic E-state index is 13.2. The summed E-state index contributed by atoms with van der Waals surface area (Å²) in [5.41, 5.74) is 1.37. The Morgan fingerprint density at radius 2 is 1.81 bits per heavy atom. The van der Waals surface area contributed by atoms with Gasteiger partial charge >= 0.3 is 0 Å². The molecule has 2 aliphatic rings. The Morgan fingerprint density at radius 1 is 1.12 bits per heavy atom. The molecule has 5 nitrogen and oxygen atoms in total. The summed E-state index contributed by atoms with van der Waals surface area (Å²) in [5, 5.41) is 9.27. The zero-order valence-electron chi connectivity index (χ0n) is 14.4. The van der Waals surface area contributed by atoms with Gasteiger partial charge in [0.1, 0.15) is 11.9 Å². The minimum Gasteiger partial charge on any atom is -0.352 e. The van der Waals surface area contributed by atoms with E-state index in [-0.39, 0.29) is 11.3 Å². The molecule has 4 rings (SSSR count). The summed E-state index contributed by atoms with van der Waals surface area (Å²) in [6.45, 7) is 2.73. The SMILES string of the molecule is N#Cc1cccnc1N1CCN(C(=O)C2(c3ccc(Br)cc3)CC2)CC1. The van der Waals surface area contributed by atoms with Crippen LogP contribution in [0.1, 0.15) is 24.0 Å². The van der Waals surface area contributed by atoms with Crippen molar-refractivity contribution in [3.8, 4) is 6.07 Å². The molecule has 2 aromatic rings. The molecule has 0 spiro atoms. The number of nitrogens with zero attached hydrogens (tertiary/aromatic N) is 4. The van der Waals surface area contributed by atoms with Crippen molar-refractivity contribution < 1.29 is 4.79 Å².